The Bertz CT molecular complexity index is 632. The van der Waals surface area contributed by atoms with E-state index in [9.17, 15) is 15.0 Å². The van der Waals surface area contributed by atoms with Gasteiger partial charge in [0.2, 0.25) is 0 Å². The van der Waals surface area contributed by atoms with E-state index in [1.54, 1.807) is 6.07 Å². The van der Waals surface area contributed by atoms with Gasteiger partial charge in [-0.25, -0.2) is 0 Å². The van der Waals surface area contributed by atoms with Gasteiger partial charge in [-0.05, 0) is 24.6 Å². The van der Waals surface area contributed by atoms with Gasteiger partial charge in [0.05, 0.1) is 0 Å². The van der Waals surface area contributed by atoms with Crippen LogP contribution < -0.4 is 5.32 Å². The molecule has 0 saturated carbocycles. The van der Waals surface area contributed by atoms with Crippen molar-refractivity contribution in [2.24, 2.45) is 0 Å². The maximum atomic E-state index is 11.2. The number of rotatable bonds is 1. The van der Waals surface area contributed by atoms with Crippen LogP contribution in [0.5, 0.6) is 5.75 Å². The minimum absolute atomic E-state index is 0.202. The Morgan fingerprint density at radius 3 is 2.94 bits per heavy atom. The zero-order valence-electron chi connectivity index (χ0n) is 9.90. The van der Waals surface area contributed by atoms with Crippen LogP contribution >= 0.6 is 0 Å². The molecule has 2 aromatic rings. The highest BCUT2D eigenvalue weighted by atomic mass is 16.4. The predicted octanol–water partition coefficient (Wildman–Crippen LogP) is 1.53. The van der Waals surface area contributed by atoms with Crippen molar-refractivity contribution in [1.29, 1.82) is 0 Å². The van der Waals surface area contributed by atoms with Crippen molar-refractivity contribution in [2.75, 3.05) is 0 Å². The largest absolute Gasteiger partial charge is 0.508 e. The summed E-state index contributed by atoms with van der Waals surface area (Å²) in [5.74, 6) is -0.669. The number of carbonyl (C=O) groups is 1. The summed E-state index contributed by atoms with van der Waals surface area (Å²) in [6.07, 6.45) is 2.24. The van der Waals surface area contributed by atoms with Gasteiger partial charge in [0.1, 0.15) is 11.8 Å². The lowest BCUT2D eigenvalue weighted by Gasteiger charge is -2.18. The van der Waals surface area contributed by atoms with Gasteiger partial charge in [0.15, 0.2) is 0 Å². The van der Waals surface area contributed by atoms with E-state index in [0.29, 0.717) is 6.42 Å². The van der Waals surface area contributed by atoms with Crippen LogP contribution in [0, 0.1) is 0 Å². The van der Waals surface area contributed by atoms with Gasteiger partial charge in [-0.2, -0.15) is 0 Å². The van der Waals surface area contributed by atoms with Crippen molar-refractivity contribution in [2.45, 2.75) is 25.4 Å². The smallest absolute Gasteiger partial charge is 0.321 e. The number of aliphatic carboxylic acids is 1. The van der Waals surface area contributed by atoms with Gasteiger partial charge in [-0.15, -0.1) is 0 Å². The van der Waals surface area contributed by atoms with Crippen molar-refractivity contribution in [1.82, 2.24) is 10.3 Å². The molecule has 94 valence electrons. The first-order valence-electron chi connectivity index (χ1n) is 5.88. The molecular formula is C13H14N2O3. The highest BCUT2D eigenvalue weighted by Crippen LogP contribution is 2.36. The van der Waals surface area contributed by atoms with Crippen LogP contribution in [0.15, 0.2) is 18.3 Å². The monoisotopic (exact) mass is 246 g/mol. The average Bonchev–Trinajstić information content (AvgIpc) is 2.63. The van der Waals surface area contributed by atoms with Crippen molar-refractivity contribution < 1.29 is 15.0 Å². The zero-order chi connectivity index (χ0) is 12.9. The number of phenolic OH excluding ortho intramolecular Hbond substituents is 1. The van der Waals surface area contributed by atoms with Gasteiger partial charge in [0, 0.05) is 35.1 Å². The van der Waals surface area contributed by atoms with E-state index in [-0.39, 0.29) is 11.8 Å². The molecule has 0 unspecified atom stereocenters. The molecule has 2 heterocycles. The second kappa shape index (κ2) is 3.74. The first-order valence-corrected chi connectivity index (χ1v) is 5.88. The topological polar surface area (TPSA) is 85.4 Å². The number of aromatic hydroxyl groups is 1. The molecule has 0 amide bonds. The minimum atomic E-state index is -0.872. The third-order valence-corrected chi connectivity index (χ3v) is 3.55. The molecule has 1 aliphatic heterocycles. The minimum Gasteiger partial charge on any atom is -0.508 e. The molecule has 0 bridgehead atoms. The summed E-state index contributed by atoms with van der Waals surface area (Å²) in [5, 5.41) is 23.2. The lowest BCUT2D eigenvalue weighted by Crippen LogP contribution is -2.38. The molecule has 2 atom stereocenters. The second-order valence-electron chi connectivity index (χ2n) is 4.72. The highest BCUT2D eigenvalue weighted by Gasteiger charge is 2.29. The number of hydrogen-bond donors (Lipinski definition) is 4. The maximum Gasteiger partial charge on any atom is 0.321 e. The molecule has 3 rings (SSSR count). The van der Waals surface area contributed by atoms with Crippen LogP contribution in [0.2, 0.25) is 0 Å². The number of aromatic nitrogens is 1. The number of phenols is 1. The lowest BCUT2D eigenvalue weighted by atomic mass is 10.0. The lowest BCUT2D eigenvalue weighted by molar-refractivity contribution is -0.139. The molecule has 0 radical (unpaired) electrons. The van der Waals surface area contributed by atoms with E-state index in [4.69, 9.17) is 0 Å². The van der Waals surface area contributed by atoms with Gasteiger partial charge >= 0.3 is 5.97 Å². The van der Waals surface area contributed by atoms with Crippen LogP contribution in [0.25, 0.3) is 10.9 Å². The molecular weight excluding hydrogens is 232 g/mol. The molecule has 4 N–H and O–H groups in total. The molecule has 5 heteroatoms. The zero-order valence-corrected chi connectivity index (χ0v) is 9.90. The average molecular weight is 246 g/mol. The first kappa shape index (κ1) is 11.1. The maximum absolute atomic E-state index is 11.2. The van der Waals surface area contributed by atoms with Gasteiger partial charge in [-0.1, -0.05) is 0 Å². The summed E-state index contributed by atoms with van der Waals surface area (Å²) in [6, 6.07) is 2.61. The third kappa shape index (κ3) is 1.48. The number of nitrogens with one attached hydrogen (secondary N) is 2. The van der Waals surface area contributed by atoms with Gasteiger partial charge in [0.25, 0.3) is 0 Å². The summed E-state index contributed by atoms with van der Waals surface area (Å²) >= 11 is 0. The number of H-pyrrole nitrogens is 1. The van der Waals surface area contributed by atoms with E-state index in [2.05, 4.69) is 10.3 Å². The molecule has 1 aromatic heterocycles. The van der Waals surface area contributed by atoms with E-state index in [1.165, 1.54) is 0 Å². The van der Waals surface area contributed by atoms with Crippen LogP contribution in [0.3, 0.4) is 0 Å². The molecule has 0 fully saturated rings. The molecule has 0 aliphatic carbocycles. The summed E-state index contributed by atoms with van der Waals surface area (Å²) in [7, 11) is 0. The Morgan fingerprint density at radius 1 is 1.44 bits per heavy atom. The summed E-state index contributed by atoms with van der Waals surface area (Å²) in [6.45, 7) is 1.87. The number of benzene rings is 1. The van der Waals surface area contributed by atoms with E-state index in [1.807, 2.05) is 19.2 Å². The normalized spacial score (nSPS) is 22.9. The number of hydrogen-bond acceptors (Lipinski definition) is 3. The number of carboxylic acid groups (broad SMARTS) is 1. The summed E-state index contributed by atoms with van der Waals surface area (Å²) in [5.41, 5.74) is 2.63. The standard InChI is InChI=1S/C13H14N2O3/c1-6-11-10(16)3-2-8-12(11)7(5-14-8)4-9(15-6)13(17)18/h2-3,5-6,9,14-16H,4H2,1H3,(H,17,18)/t6-,9+/m1/s1. The summed E-state index contributed by atoms with van der Waals surface area (Å²) < 4.78 is 0. The third-order valence-electron chi connectivity index (χ3n) is 3.55. The second-order valence-corrected chi connectivity index (χ2v) is 4.72. The first-order chi connectivity index (χ1) is 8.58. The van der Waals surface area contributed by atoms with Gasteiger partial charge < -0.3 is 15.2 Å². The van der Waals surface area contributed by atoms with Crippen LogP contribution in [-0.2, 0) is 11.2 Å². The van der Waals surface area contributed by atoms with Gasteiger partial charge in [-0.3, -0.25) is 10.1 Å². The Hall–Kier alpha value is -2.01. The van der Waals surface area contributed by atoms with E-state index < -0.39 is 12.0 Å². The highest BCUT2D eigenvalue weighted by molar-refractivity contribution is 5.90. The quantitative estimate of drug-likeness (QED) is 0.614. The van der Waals surface area contributed by atoms with E-state index in [0.717, 1.165) is 22.0 Å². The van der Waals surface area contributed by atoms with Crippen LogP contribution in [0.4, 0.5) is 0 Å². The number of carboxylic acids is 1. The molecule has 1 aromatic carbocycles. The van der Waals surface area contributed by atoms with Crippen molar-refractivity contribution in [3.05, 3.63) is 29.5 Å². The summed E-state index contributed by atoms with van der Waals surface area (Å²) in [4.78, 5) is 14.3. The van der Waals surface area contributed by atoms with Crippen LogP contribution in [-0.4, -0.2) is 27.2 Å². The Kier molecular flexibility index (Phi) is 2.31. The predicted molar refractivity (Wildman–Crippen MR) is 66.6 cm³/mol. The van der Waals surface area contributed by atoms with Crippen molar-refractivity contribution in [3.63, 3.8) is 0 Å². The molecule has 1 aliphatic rings. The molecule has 5 nitrogen and oxygen atoms in total. The fourth-order valence-electron chi connectivity index (χ4n) is 2.73. The van der Waals surface area contributed by atoms with Crippen molar-refractivity contribution in [3.8, 4) is 5.75 Å². The molecule has 0 saturated heterocycles. The SMILES string of the molecule is C[C@H]1N[C@H](C(=O)O)Cc2c[nH]c3ccc(O)c1c23. The Morgan fingerprint density at radius 2 is 2.22 bits per heavy atom. The van der Waals surface area contributed by atoms with Crippen LogP contribution in [0.1, 0.15) is 24.1 Å². The Labute approximate surface area is 103 Å². The van der Waals surface area contributed by atoms with E-state index >= 15 is 0 Å². The van der Waals surface area contributed by atoms with Crippen molar-refractivity contribution >= 4 is 16.9 Å². The fraction of sp³-hybridized carbons (Fsp3) is 0.308. The molecule has 0 spiro atoms. The fourth-order valence-corrected chi connectivity index (χ4v) is 2.73. The molecule has 18 heavy (non-hydrogen) atoms. The number of aromatic amines is 1. The Balaban J connectivity index is 2.25.